The predicted octanol–water partition coefficient (Wildman–Crippen LogP) is 2.01. The fourth-order valence-corrected chi connectivity index (χ4v) is 2.16. The van der Waals surface area contributed by atoms with Crippen molar-refractivity contribution in [2.75, 3.05) is 19.6 Å². The molecular weight excluding hydrogens is 172 g/mol. The number of nitrogens with zero attached hydrogens (tertiary/aromatic N) is 1. The third-order valence-corrected chi connectivity index (χ3v) is 3.48. The molecule has 0 bridgehead atoms. The van der Waals surface area contributed by atoms with E-state index in [-0.39, 0.29) is 0 Å². The Kier molecular flexibility index (Phi) is 4.14. The molecule has 0 unspecified atom stereocenters. The minimum absolute atomic E-state index is 0.424. The molecule has 1 fully saturated rings. The van der Waals surface area contributed by atoms with Gasteiger partial charge >= 0.3 is 0 Å². The van der Waals surface area contributed by atoms with Crippen LogP contribution in [0.4, 0.5) is 0 Å². The van der Waals surface area contributed by atoms with E-state index in [1.165, 1.54) is 19.3 Å². The van der Waals surface area contributed by atoms with E-state index in [4.69, 9.17) is 5.73 Å². The van der Waals surface area contributed by atoms with Crippen LogP contribution in [-0.2, 0) is 0 Å². The Morgan fingerprint density at radius 3 is 2.43 bits per heavy atom. The summed E-state index contributed by atoms with van der Waals surface area (Å²) >= 11 is 0. The molecule has 82 valence electrons. The average Bonchev–Trinajstić information content (AvgIpc) is 2.09. The monoisotopic (exact) mass is 196 g/mol. The van der Waals surface area contributed by atoms with Crippen molar-refractivity contribution in [2.45, 2.75) is 39.2 Å². The standard InChI is InChI=1S/C12H24N2/c1-4-8-14(11(2)3)10-12(9-13)6-5-7-12/h4,11H,1,5-10,13H2,2-3H3. The first-order chi connectivity index (χ1) is 6.63. The number of hydrogen-bond donors (Lipinski definition) is 1. The van der Waals surface area contributed by atoms with Gasteiger partial charge in [-0.1, -0.05) is 12.5 Å². The van der Waals surface area contributed by atoms with Crippen molar-refractivity contribution in [3.63, 3.8) is 0 Å². The molecular formula is C12H24N2. The van der Waals surface area contributed by atoms with E-state index < -0.39 is 0 Å². The number of rotatable bonds is 6. The van der Waals surface area contributed by atoms with E-state index >= 15 is 0 Å². The Morgan fingerprint density at radius 1 is 1.50 bits per heavy atom. The van der Waals surface area contributed by atoms with Gasteiger partial charge in [-0.15, -0.1) is 6.58 Å². The average molecular weight is 196 g/mol. The SMILES string of the molecule is C=CCN(CC1(CN)CCC1)C(C)C. The van der Waals surface area contributed by atoms with Crippen LogP contribution < -0.4 is 5.73 Å². The lowest BCUT2D eigenvalue weighted by Crippen LogP contribution is -2.49. The molecule has 2 N–H and O–H groups in total. The first-order valence-electron chi connectivity index (χ1n) is 5.68. The van der Waals surface area contributed by atoms with Crippen molar-refractivity contribution in [1.29, 1.82) is 0 Å². The van der Waals surface area contributed by atoms with Gasteiger partial charge in [0.05, 0.1) is 0 Å². The fraction of sp³-hybridized carbons (Fsp3) is 0.833. The second-order valence-corrected chi connectivity index (χ2v) is 4.87. The van der Waals surface area contributed by atoms with Gasteiger partial charge in [-0.05, 0) is 38.6 Å². The lowest BCUT2D eigenvalue weighted by Gasteiger charge is -2.45. The van der Waals surface area contributed by atoms with Crippen molar-refractivity contribution < 1.29 is 0 Å². The molecule has 14 heavy (non-hydrogen) atoms. The minimum Gasteiger partial charge on any atom is -0.330 e. The highest BCUT2D eigenvalue weighted by molar-refractivity contribution is 4.93. The van der Waals surface area contributed by atoms with E-state index in [9.17, 15) is 0 Å². The van der Waals surface area contributed by atoms with Crippen molar-refractivity contribution in [3.05, 3.63) is 12.7 Å². The zero-order valence-corrected chi connectivity index (χ0v) is 9.63. The van der Waals surface area contributed by atoms with Crippen molar-refractivity contribution >= 4 is 0 Å². The van der Waals surface area contributed by atoms with E-state index in [1.54, 1.807) is 0 Å². The maximum Gasteiger partial charge on any atom is 0.0163 e. The predicted molar refractivity (Wildman–Crippen MR) is 62.2 cm³/mol. The molecule has 0 spiro atoms. The number of hydrogen-bond acceptors (Lipinski definition) is 2. The molecule has 1 saturated carbocycles. The maximum absolute atomic E-state index is 5.86. The summed E-state index contributed by atoms with van der Waals surface area (Å²) in [5.41, 5.74) is 6.28. The van der Waals surface area contributed by atoms with Crippen molar-refractivity contribution in [3.8, 4) is 0 Å². The zero-order valence-electron chi connectivity index (χ0n) is 9.63. The Bertz CT molecular complexity index is 177. The van der Waals surface area contributed by atoms with Crippen LogP contribution in [0, 0.1) is 5.41 Å². The van der Waals surface area contributed by atoms with Crippen LogP contribution in [0.3, 0.4) is 0 Å². The first-order valence-corrected chi connectivity index (χ1v) is 5.68. The van der Waals surface area contributed by atoms with Crippen LogP contribution in [0.25, 0.3) is 0 Å². The van der Waals surface area contributed by atoms with Crippen LogP contribution in [0.2, 0.25) is 0 Å². The zero-order chi connectivity index (χ0) is 10.6. The summed E-state index contributed by atoms with van der Waals surface area (Å²) in [6.07, 6.45) is 5.97. The highest BCUT2D eigenvalue weighted by Crippen LogP contribution is 2.40. The van der Waals surface area contributed by atoms with Gasteiger partial charge in [-0.3, -0.25) is 4.90 Å². The quantitative estimate of drug-likeness (QED) is 0.658. The Labute approximate surface area is 88.2 Å². The molecule has 0 aromatic rings. The molecule has 2 heteroatoms. The van der Waals surface area contributed by atoms with Crippen molar-refractivity contribution in [1.82, 2.24) is 4.90 Å². The third-order valence-electron chi connectivity index (χ3n) is 3.48. The Morgan fingerprint density at radius 2 is 2.14 bits per heavy atom. The van der Waals surface area contributed by atoms with Gasteiger partial charge in [0.1, 0.15) is 0 Å². The highest BCUT2D eigenvalue weighted by Gasteiger charge is 2.37. The third kappa shape index (κ3) is 2.58. The van der Waals surface area contributed by atoms with Gasteiger partial charge in [-0.2, -0.15) is 0 Å². The largest absolute Gasteiger partial charge is 0.330 e. The van der Waals surface area contributed by atoms with Gasteiger partial charge in [0.15, 0.2) is 0 Å². The van der Waals surface area contributed by atoms with Crippen LogP contribution >= 0.6 is 0 Å². The van der Waals surface area contributed by atoms with Gasteiger partial charge in [0, 0.05) is 19.1 Å². The van der Waals surface area contributed by atoms with Crippen molar-refractivity contribution in [2.24, 2.45) is 11.1 Å². The summed E-state index contributed by atoms with van der Waals surface area (Å²) in [7, 11) is 0. The summed E-state index contributed by atoms with van der Waals surface area (Å²) < 4.78 is 0. The second kappa shape index (κ2) is 4.94. The van der Waals surface area contributed by atoms with E-state index in [2.05, 4.69) is 25.3 Å². The Balaban J connectivity index is 2.48. The molecule has 0 radical (unpaired) electrons. The number of nitrogens with two attached hydrogens (primary N) is 1. The summed E-state index contributed by atoms with van der Waals surface area (Å²) in [5, 5.41) is 0. The lowest BCUT2D eigenvalue weighted by molar-refractivity contribution is 0.0658. The van der Waals surface area contributed by atoms with Crippen LogP contribution in [0.15, 0.2) is 12.7 Å². The Hall–Kier alpha value is -0.340. The topological polar surface area (TPSA) is 29.3 Å². The molecule has 0 saturated heterocycles. The molecule has 1 rings (SSSR count). The van der Waals surface area contributed by atoms with Gasteiger partial charge in [-0.25, -0.2) is 0 Å². The minimum atomic E-state index is 0.424. The van der Waals surface area contributed by atoms with Gasteiger partial charge in [0.25, 0.3) is 0 Å². The van der Waals surface area contributed by atoms with Gasteiger partial charge < -0.3 is 5.73 Å². The second-order valence-electron chi connectivity index (χ2n) is 4.87. The van der Waals surface area contributed by atoms with E-state index in [1.807, 2.05) is 6.08 Å². The van der Waals surface area contributed by atoms with Crippen LogP contribution in [0.5, 0.6) is 0 Å². The van der Waals surface area contributed by atoms with Gasteiger partial charge in [0.2, 0.25) is 0 Å². The summed E-state index contributed by atoms with van der Waals surface area (Å²) in [4.78, 5) is 2.47. The highest BCUT2D eigenvalue weighted by atomic mass is 15.2. The molecule has 0 aromatic carbocycles. The molecule has 0 atom stereocenters. The van der Waals surface area contributed by atoms with Crippen LogP contribution in [-0.4, -0.2) is 30.6 Å². The molecule has 0 amide bonds. The molecule has 2 nitrogen and oxygen atoms in total. The summed E-state index contributed by atoms with van der Waals surface area (Å²) in [6.45, 7) is 11.3. The van der Waals surface area contributed by atoms with Crippen LogP contribution in [0.1, 0.15) is 33.1 Å². The molecule has 0 heterocycles. The smallest absolute Gasteiger partial charge is 0.0163 e. The molecule has 1 aliphatic rings. The van der Waals surface area contributed by atoms with E-state index in [0.717, 1.165) is 19.6 Å². The summed E-state index contributed by atoms with van der Waals surface area (Å²) in [5.74, 6) is 0. The normalized spacial score (nSPS) is 19.8. The fourth-order valence-electron chi connectivity index (χ4n) is 2.16. The van der Waals surface area contributed by atoms with E-state index in [0.29, 0.717) is 11.5 Å². The summed E-state index contributed by atoms with van der Waals surface area (Å²) in [6, 6.07) is 0.594. The molecule has 0 aromatic heterocycles. The first kappa shape index (κ1) is 11.7. The molecule has 0 aliphatic heterocycles. The lowest BCUT2D eigenvalue weighted by atomic mass is 9.68. The maximum atomic E-state index is 5.86. The molecule has 1 aliphatic carbocycles.